The number of likely N-dealkylation sites (tertiary alicyclic amines) is 1. The van der Waals surface area contributed by atoms with Crippen LogP contribution in [0.4, 0.5) is 0 Å². The van der Waals surface area contributed by atoms with Gasteiger partial charge in [-0.25, -0.2) is 4.98 Å². The summed E-state index contributed by atoms with van der Waals surface area (Å²) in [7, 11) is 0. The molecular formula is C19H24N2O3S. The average Bonchev–Trinajstić information content (AvgIpc) is 3.02. The molecule has 0 saturated carbocycles. The van der Waals surface area contributed by atoms with Crippen molar-refractivity contribution in [1.82, 2.24) is 9.88 Å². The summed E-state index contributed by atoms with van der Waals surface area (Å²) in [4.78, 5) is 29.9. The van der Waals surface area contributed by atoms with Gasteiger partial charge in [-0.15, -0.1) is 11.3 Å². The van der Waals surface area contributed by atoms with Gasteiger partial charge >= 0.3 is 5.97 Å². The third kappa shape index (κ3) is 4.78. The highest BCUT2D eigenvalue weighted by Crippen LogP contribution is 2.24. The number of carbonyl (C=O) groups excluding carboxylic acids is 1. The third-order valence-corrected chi connectivity index (χ3v) is 5.85. The summed E-state index contributed by atoms with van der Waals surface area (Å²) in [5.74, 6) is -0.620. The van der Waals surface area contributed by atoms with E-state index in [2.05, 4.69) is 11.1 Å². The van der Waals surface area contributed by atoms with Crippen molar-refractivity contribution < 1.29 is 14.7 Å². The highest BCUT2D eigenvalue weighted by atomic mass is 32.1. The minimum atomic E-state index is -0.784. The number of nitrogens with zero attached hydrogens (tertiary/aromatic N) is 2. The third-order valence-electron chi connectivity index (χ3n) is 4.76. The second-order valence-corrected chi connectivity index (χ2v) is 7.71. The van der Waals surface area contributed by atoms with Crippen molar-refractivity contribution in [2.24, 2.45) is 0 Å². The number of aryl methyl sites for hydroxylation is 1. The molecule has 1 atom stereocenters. The number of fused-ring (bicyclic) bond motifs is 1. The molecule has 1 aliphatic rings. The van der Waals surface area contributed by atoms with Gasteiger partial charge in [0.15, 0.2) is 0 Å². The van der Waals surface area contributed by atoms with Crippen LogP contribution in [0, 0.1) is 0 Å². The summed E-state index contributed by atoms with van der Waals surface area (Å²) in [5, 5.41) is 9.97. The zero-order valence-electron chi connectivity index (χ0n) is 14.3. The van der Waals surface area contributed by atoms with E-state index < -0.39 is 5.97 Å². The highest BCUT2D eigenvalue weighted by Gasteiger charge is 2.26. The Balaban J connectivity index is 1.51. The lowest BCUT2D eigenvalue weighted by molar-refractivity contribution is -0.140. The number of piperidine rings is 1. The molecule has 1 aromatic heterocycles. The van der Waals surface area contributed by atoms with Crippen LogP contribution in [0.3, 0.4) is 0 Å². The molecule has 1 aliphatic heterocycles. The van der Waals surface area contributed by atoms with E-state index in [9.17, 15) is 9.59 Å². The van der Waals surface area contributed by atoms with Crippen LogP contribution in [0.5, 0.6) is 0 Å². The molecule has 0 bridgehead atoms. The van der Waals surface area contributed by atoms with Gasteiger partial charge in [-0.2, -0.15) is 0 Å². The molecule has 0 aliphatic carbocycles. The number of benzene rings is 1. The van der Waals surface area contributed by atoms with Crippen LogP contribution < -0.4 is 0 Å². The number of aliphatic carboxylic acids is 1. The van der Waals surface area contributed by atoms with Crippen molar-refractivity contribution in [3.05, 3.63) is 29.3 Å². The van der Waals surface area contributed by atoms with Gasteiger partial charge in [0.1, 0.15) is 0 Å². The normalized spacial score (nSPS) is 17.8. The summed E-state index contributed by atoms with van der Waals surface area (Å²) in [6, 6.07) is 8.19. The summed E-state index contributed by atoms with van der Waals surface area (Å²) in [6.45, 7) is 0.768. The van der Waals surface area contributed by atoms with Crippen LogP contribution in [0.2, 0.25) is 0 Å². The monoisotopic (exact) mass is 360 g/mol. The van der Waals surface area contributed by atoms with Gasteiger partial charge in [0.2, 0.25) is 5.91 Å². The number of para-hydroxylation sites is 1. The maximum absolute atomic E-state index is 12.6. The molecular weight excluding hydrogens is 336 g/mol. The minimum Gasteiger partial charge on any atom is -0.481 e. The van der Waals surface area contributed by atoms with Crippen molar-refractivity contribution in [1.29, 1.82) is 0 Å². The fourth-order valence-corrected chi connectivity index (χ4v) is 4.49. The number of carbonyl (C=O) groups is 2. The lowest BCUT2D eigenvalue weighted by Gasteiger charge is -2.35. The second kappa shape index (κ2) is 8.43. The van der Waals surface area contributed by atoms with E-state index in [4.69, 9.17) is 5.11 Å². The number of thiazole rings is 1. The van der Waals surface area contributed by atoms with Crippen LogP contribution >= 0.6 is 11.3 Å². The summed E-state index contributed by atoms with van der Waals surface area (Å²) >= 11 is 1.70. The molecule has 134 valence electrons. The van der Waals surface area contributed by atoms with E-state index in [1.165, 1.54) is 4.70 Å². The molecule has 1 fully saturated rings. The van der Waals surface area contributed by atoms with E-state index in [1.54, 1.807) is 11.3 Å². The Bertz CT molecular complexity index is 710. The molecule has 2 aromatic rings. The Morgan fingerprint density at radius 2 is 2.08 bits per heavy atom. The first-order valence-corrected chi connectivity index (χ1v) is 9.81. The first kappa shape index (κ1) is 17.9. The molecule has 25 heavy (non-hydrogen) atoms. The SMILES string of the molecule is O=C(O)CC[C@H]1CCCCN1C(=O)CCCc1nc2ccccc2s1. The van der Waals surface area contributed by atoms with Crippen molar-refractivity contribution in [3.8, 4) is 0 Å². The number of amides is 1. The number of carboxylic acids is 1. The van der Waals surface area contributed by atoms with E-state index in [0.29, 0.717) is 12.8 Å². The number of carboxylic acid groups (broad SMARTS) is 1. The van der Waals surface area contributed by atoms with E-state index in [-0.39, 0.29) is 18.4 Å². The first-order valence-electron chi connectivity index (χ1n) is 8.99. The molecule has 3 rings (SSSR count). The molecule has 0 unspecified atom stereocenters. The van der Waals surface area contributed by atoms with Crippen molar-refractivity contribution in [2.75, 3.05) is 6.54 Å². The summed E-state index contributed by atoms with van der Waals surface area (Å²) in [5.41, 5.74) is 1.03. The molecule has 0 radical (unpaired) electrons. The zero-order valence-corrected chi connectivity index (χ0v) is 15.1. The minimum absolute atomic E-state index is 0.0970. The predicted molar refractivity (Wildman–Crippen MR) is 98.8 cm³/mol. The number of hydrogen-bond acceptors (Lipinski definition) is 4. The molecule has 1 amide bonds. The number of rotatable bonds is 7. The largest absolute Gasteiger partial charge is 0.481 e. The smallest absolute Gasteiger partial charge is 0.303 e. The van der Waals surface area contributed by atoms with Crippen molar-refractivity contribution in [3.63, 3.8) is 0 Å². The fourth-order valence-electron chi connectivity index (χ4n) is 3.48. The fraction of sp³-hybridized carbons (Fsp3) is 0.526. The number of hydrogen-bond donors (Lipinski definition) is 1. The van der Waals surface area contributed by atoms with Gasteiger partial charge in [-0.05, 0) is 50.7 Å². The summed E-state index contributed by atoms with van der Waals surface area (Å²) in [6.07, 6.45) is 5.86. The van der Waals surface area contributed by atoms with E-state index >= 15 is 0 Å². The zero-order chi connectivity index (χ0) is 17.6. The molecule has 1 N–H and O–H groups in total. The van der Waals surface area contributed by atoms with Crippen molar-refractivity contribution >= 4 is 33.4 Å². The molecule has 1 saturated heterocycles. The van der Waals surface area contributed by atoms with Crippen LogP contribution in [-0.2, 0) is 16.0 Å². The molecule has 2 heterocycles. The standard InChI is InChI=1S/C19H24N2O3S/c22-18(21-13-4-3-6-14(21)11-12-19(23)24)10-5-9-17-20-15-7-1-2-8-16(15)25-17/h1-2,7-8,14H,3-6,9-13H2,(H,23,24)/t14-/m1/s1. The Hall–Kier alpha value is -1.95. The van der Waals surface area contributed by atoms with Gasteiger partial charge < -0.3 is 10.0 Å². The van der Waals surface area contributed by atoms with E-state index in [1.807, 2.05) is 23.1 Å². The van der Waals surface area contributed by atoms with Crippen LogP contribution in [-0.4, -0.2) is 39.5 Å². The average molecular weight is 360 g/mol. The lowest BCUT2D eigenvalue weighted by atomic mass is 9.97. The molecule has 1 aromatic carbocycles. The van der Waals surface area contributed by atoms with Crippen molar-refractivity contribution in [2.45, 2.75) is 57.4 Å². The van der Waals surface area contributed by atoms with Crippen LogP contribution in [0.15, 0.2) is 24.3 Å². The Morgan fingerprint density at radius 1 is 1.24 bits per heavy atom. The molecule has 6 heteroatoms. The maximum Gasteiger partial charge on any atom is 0.303 e. The topological polar surface area (TPSA) is 70.5 Å². The van der Waals surface area contributed by atoms with E-state index in [0.717, 1.165) is 49.2 Å². The Morgan fingerprint density at radius 3 is 2.88 bits per heavy atom. The van der Waals surface area contributed by atoms with Gasteiger partial charge in [0, 0.05) is 25.4 Å². The second-order valence-electron chi connectivity index (χ2n) is 6.60. The van der Waals surface area contributed by atoms with Crippen LogP contribution in [0.25, 0.3) is 10.2 Å². The lowest BCUT2D eigenvalue weighted by Crippen LogP contribution is -2.43. The number of aromatic nitrogens is 1. The summed E-state index contributed by atoms with van der Waals surface area (Å²) < 4.78 is 1.19. The Labute approximate surface area is 151 Å². The van der Waals surface area contributed by atoms with Gasteiger partial charge in [0.05, 0.1) is 15.2 Å². The van der Waals surface area contributed by atoms with Gasteiger partial charge in [0.25, 0.3) is 0 Å². The molecule has 5 nitrogen and oxygen atoms in total. The maximum atomic E-state index is 12.6. The van der Waals surface area contributed by atoms with Gasteiger partial charge in [-0.1, -0.05) is 12.1 Å². The van der Waals surface area contributed by atoms with Crippen LogP contribution in [0.1, 0.15) is 50.0 Å². The Kier molecular flexibility index (Phi) is 6.02. The predicted octanol–water partition coefficient (Wildman–Crippen LogP) is 3.86. The van der Waals surface area contributed by atoms with Gasteiger partial charge in [-0.3, -0.25) is 9.59 Å². The highest BCUT2D eigenvalue weighted by molar-refractivity contribution is 7.18. The molecule has 0 spiro atoms. The first-order chi connectivity index (χ1) is 12.1. The quantitative estimate of drug-likeness (QED) is 0.814.